The Labute approximate surface area is 177 Å². The average Bonchev–Trinajstić information content (AvgIpc) is 3.14. The summed E-state index contributed by atoms with van der Waals surface area (Å²) in [5, 5.41) is 9.70. The highest BCUT2D eigenvalue weighted by molar-refractivity contribution is 7.99. The minimum Gasteiger partial charge on any atom is -0.490 e. The summed E-state index contributed by atoms with van der Waals surface area (Å²) in [4.78, 5) is 12.0. The summed E-state index contributed by atoms with van der Waals surface area (Å²) in [5.41, 5.74) is 0.899. The van der Waals surface area contributed by atoms with Gasteiger partial charge in [0.15, 0.2) is 11.0 Å². The number of hydrogen-bond acceptors (Lipinski definition) is 6. The number of halogens is 2. The van der Waals surface area contributed by atoms with E-state index in [4.69, 9.17) is 21.1 Å². The Hall–Kier alpha value is -2.58. The molecule has 29 heavy (non-hydrogen) atoms. The molecule has 6 nitrogen and oxygen atoms in total. The van der Waals surface area contributed by atoms with Gasteiger partial charge in [-0.15, -0.1) is 10.2 Å². The zero-order valence-corrected chi connectivity index (χ0v) is 17.3. The Bertz CT molecular complexity index is 949. The second-order valence-corrected chi connectivity index (χ2v) is 7.25. The number of hydrogen-bond donors (Lipinski definition) is 0. The highest BCUT2D eigenvalue weighted by atomic mass is 35.5. The van der Waals surface area contributed by atoms with Gasteiger partial charge in [-0.3, -0.25) is 4.79 Å². The van der Waals surface area contributed by atoms with Crippen LogP contribution < -0.4 is 4.74 Å². The van der Waals surface area contributed by atoms with Crippen molar-refractivity contribution in [2.45, 2.75) is 18.6 Å². The fraction of sp³-hybridized carbons (Fsp3) is 0.250. The molecule has 0 unspecified atom stereocenters. The van der Waals surface area contributed by atoms with Gasteiger partial charge in [-0.25, -0.2) is 4.39 Å². The molecule has 0 spiro atoms. The van der Waals surface area contributed by atoms with Gasteiger partial charge < -0.3 is 14.0 Å². The Balaban J connectivity index is 1.47. The van der Waals surface area contributed by atoms with Crippen molar-refractivity contribution in [2.24, 2.45) is 0 Å². The second-order valence-electron chi connectivity index (χ2n) is 5.87. The van der Waals surface area contributed by atoms with Gasteiger partial charge in [-0.2, -0.15) is 0 Å². The monoisotopic (exact) mass is 435 g/mol. The zero-order chi connectivity index (χ0) is 20.6. The summed E-state index contributed by atoms with van der Waals surface area (Å²) in [7, 11) is 0. The number of thioether (sulfide) groups is 1. The summed E-state index contributed by atoms with van der Waals surface area (Å²) in [5.74, 6) is 0.627. The first-order valence-corrected chi connectivity index (χ1v) is 10.3. The minimum absolute atomic E-state index is 0.104. The van der Waals surface area contributed by atoms with Crippen LogP contribution in [-0.4, -0.2) is 39.7 Å². The molecule has 0 N–H and O–H groups in total. The number of aromatic nitrogens is 3. The van der Waals surface area contributed by atoms with Crippen LogP contribution in [0.25, 0.3) is 11.4 Å². The molecule has 0 atom stereocenters. The van der Waals surface area contributed by atoms with Crippen LogP contribution in [0.15, 0.2) is 53.7 Å². The van der Waals surface area contributed by atoms with Gasteiger partial charge in [0, 0.05) is 17.1 Å². The number of esters is 1. The third kappa shape index (κ3) is 5.95. The number of benzene rings is 2. The molecule has 152 valence electrons. The Morgan fingerprint density at radius 2 is 1.83 bits per heavy atom. The Morgan fingerprint density at radius 1 is 1.10 bits per heavy atom. The van der Waals surface area contributed by atoms with Crippen LogP contribution in [0, 0.1) is 5.82 Å². The maximum Gasteiger partial charge on any atom is 0.316 e. The van der Waals surface area contributed by atoms with Crippen LogP contribution >= 0.6 is 23.4 Å². The molecule has 2 aromatic carbocycles. The molecule has 0 aliphatic rings. The van der Waals surface area contributed by atoms with Gasteiger partial charge in [0.05, 0.1) is 5.75 Å². The molecule has 0 amide bonds. The van der Waals surface area contributed by atoms with E-state index >= 15 is 0 Å². The van der Waals surface area contributed by atoms with Crippen molar-refractivity contribution in [3.05, 3.63) is 59.4 Å². The van der Waals surface area contributed by atoms with Crippen LogP contribution in [0.1, 0.15) is 6.92 Å². The maximum atomic E-state index is 12.8. The number of carbonyl (C=O) groups is 1. The first-order chi connectivity index (χ1) is 14.1. The lowest BCUT2D eigenvalue weighted by molar-refractivity contribution is -0.141. The first-order valence-electron chi connectivity index (χ1n) is 8.92. The molecule has 1 aromatic heterocycles. The Kier molecular flexibility index (Phi) is 7.48. The molecule has 0 radical (unpaired) electrons. The molecular formula is C20H19ClFN3O3S. The van der Waals surface area contributed by atoms with Crippen molar-refractivity contribution in [1.29, 1.82) is 0 Å². The summed E-state index contributed by atoms with van der Waals surface area (Å²) in [6, 6.07) is 13.0. The van der Waals surface area contributed by atoms with Crippen LogP contribution in [0.3, 0.4) is 0 Å². The SMILES string of the molecule is CCn1c(SCC(=O)OCCOc2ccc(F)cc2)nnc1-c1ccc(Cl)cc1. The van der Waals surface area contributed by atoms with Crippen LogP contribution in [0.5, 0.6) is 5.75 Å². The minimum atomic E-state index is -0.378. The van der Waals surface area contributed by atoms with Gasteiger partial charge in [0.1, 0.15) is 24.8 Å². The van der Waals surface area contributed by atoms with Crippen molar-refractivity contribution in [1.82, 2.24) is 14.8 Å². The standard InChI is InChI=1S/C20H19ClFN3O3S/c1-2-25-19(14-3-5-15(21)6-4-14)23-24-20(25)29-13-18(26)28-12-11-27-17-9-7-16(22)8-10-17/h3-10H,2,11-13H2,1H3. The van der Waals surface area contributed by atoms with Crippen LogP contribution in [0.4, 0.5) is 4.39 Å². The number of carbonyl (C=O) groups excluding carboxylic acids is 1. The van der Waals surface area contributed by atoms with E-state index in [0.717, 1.165) is 5.56 Å². The molecular weight excluding hydrogens is 417 g/mol. The van der Waals surface area contributed by atoms with Gasteiger partial charge in [0.2, 0.25) is 0 Å². The summed E-state index contributed by atoms with van der Waals surface area (Å²) in [6.07, 6.45) is 0. The smallest absolute Gasteiger partial charge is 0.316 e. The van der Waals surface area contributed by atoms with E-state index in [2.05, 4.69) is 10.2 Å². The van der Waals surface area contributed by atoms with E-state index in [-0.39, 0.29) is 30.8 Å². The van der Waals surface area contributed by atoms with Gasteiger partial charge >= 0.3 is 5.97 Å². The first kappa shape index (κ1) is 21.1. The molecule has 9 heteroatoms. The molecule has 3 rings (SSSR count). The molecule has 0 aliphatic heterocycles. The maximum absolute atomic E-state index is 12.8. The summed E-state index contributed by atoms with van der Waals surface area (Å²) >= 11 is 7.19. The fourth-order valence-electron chi connectivity index (χ4n) is 2.50. The van der Waals surface area contributed by atoms with Gasteiger partial charge in [-0.05, 0) is 55.5 Å². The van der Waals surface area contributed by atoms with Crippen LogP contribution in [-0.2, 0) is 16.1 Å². The van der Waals surface area contributed by atoms with Crippen molar-refractivity contribution in [3.8, 4) is 17.1 Å². The van der Waals surface area contributed by atoms with Crippen molar-refractivity contribution in [3.63, 3.8) is 0 Å². The van der Waals surface area contributed by atoms with Gasteiger partial charge in [-0.1, -0.05) is 23.4 Å². The lowest BCUT2D eigenvalue weighted by Crippen LogP contribution is -2.14. The number of ether oxygens (including phenoxy) is 2. The second kappa shape index (κ2) is 10.3. The zero-order valence-electron chi connectivity index (χ0n) is 15.7. The third-order valence-electron chi connectivity index (χ3n) is 3.88. The van der Waals surface area contributed by atoms with Crippen molar-refractivity contribution in [2.75, 3.05) is 19.0 Å². The molecule has 0 fully saturated rings. The topological polar surface area (TPSA) is 66.2 Å². The van der Waals surface area contributed by atoms with Crippen molar-refractivity contribution < 1.29 is 18.7 Å². The van der Waals surface area contributed by atoms with Gasteiger partial charge in [0.25, 0.3) is 0 Å². The predicted molar refractivity (Wildman–Crippen MR) is 110 cm³/mol. The highest BCUT2D eigenvalue weighted by Crippen LogP contribution is 2.25. The molecule has 1 heterocycles. The van der Waals surface area contributed by atoms with Crippen LogP contribution in [0.2, 0.25) is 5.02 Å². The highest BCUT2D eigenvalue weighted by Gasteiger charge is 2.15. The van der Waals surface area contributed by atoms with E-state index in [0.29, 0.717) is 28.3 Å². The summed E-state index contributed by atoms with van der Waals surface area (Å²) in [6.45, 7) is 2.94. The number of rotatable bonds is 9. The Morgan fingerprint density at radius 3 is 2.52 bits per heavy atom. The molecule has 3 aromatic rings. The quantitative estimate of drug-likeness (QED) is 0.280. The van der Waals surface area contributed by atoms with E-state index in [1.54, 1.807) is 12.1 Å². The predicted octanol–water partition coefficient (Wildman–Crippen LogP) is 4.47. The van der Waals surface area contributed by atoms with E-state index in [1.165, 1.54) is 36.0 Å². The average molecular weight is 436 g/mol. The lowest BCUT2D eigenvalue weighted by atomic mass is 10.2. The number of nitrogens with zero attached hydrogens (tertiary/aromatic N) is 3. The van der Waals surface area contributed by atoms with E-state index in [1.807, 2.05) is 23.6 Å². The normalized spacial score (nSPS) is 10.7. The third-order valence-corrected chi connectivity index (χ3v) is 5.08. The largest absolute Gasteiger partial charge is 0.490 e. The molecule has 0 bridgehead atoms. The summed E-state index contributed by atoms with van der Waals surface area (Å²) < 4.78 is 25.3. The fourth-order valence-corrected chi connectivity index (χ4v) is 3.43. The molecule has 0 saturated heterocycles. The van der Waals surface area contributed by atoms with E-state index < -0.39 is 0 Å². The van der Waals surface area contributed by atoms with Crippen molar-refractivity contribution >= 4 is 29.3 Å². The molecule has 0 saturated carbocycles. The lowest BCUT2D eigenvalue weighted by Gasteiger charge is -2.08. The molecule has 0 aliphatic carbocycles. The van der Waals surface area contributed by atoms with E-state index in [9.17, 15) is 9.18 Å².